The molecule has 1 saturated carbocycles. The number of hydrogen-bond acceptors (Lipinski definition) is 5. The van der Waals surface area contributed by atoms with E-state index in [1.165, 1.54) is 6.42 Å². The maximum atomic E-state index is 13.2. The Labute approximate surface area is 192 Å². The number of benzene rings is 1. The molecule has 178 valence electrons. The number of carbonyl (C=O) groups excluding carboxylic acids is 2. The third kappa shape index (κ3) is 6.23. The number of likely N-dealkylation sites (N-methyl/N-ethyl adjacent to an activating group) is 1. The molecule has 0 aromatic heterocycles. The molecule has 1 aliphatic carbocycles. The number of hydrogen-bond donors (Lipinski definition) is 2. The quantitative estimate of drug-likeness (QED) is 0.704. The minimum Gasteiger partial charge on any atom is -0.488 e. The Bertz CT molecular complexity index is 791. The summed E-state index contributed by atoms with van der Waals surface area (Å²) in [5, 5.41) is 12.8. The van der Waals surface area contributed by atoms with E-state index in [0.29, 0.717) is 18.0 Å². The van der Waals surface area contributed by atoms with Crippen LogP contribution >= 0.6 is 0 Å². The summed E-state index contributed by atoms with van der Waals surface area (Å²) in [6, 6.07) is 5.35. The van der Waals surface area contributed by atoms with Crippen LogP contribution in [0.5, 0.6) is 5.75 Å². The molecule has 1 fully saturated rings. The van der Waals surface area contributed by atoms with Crippen LogP contribution in [0.1, 0.15) is 51.5 Å². The van der Waals surface area contributed by atoms with Gasteiger partial charge in [0.15, 0.2) is 0 Å². The van der Waals surface area contributed by atoms with Crippen molar-refractivity contribution in [1.29, 1.82) is 0 Å². The highest BCUT2D eigenvalue weighted by atomic mass is 16.5. The Kier molecular flexibility index (Phi) is 8.54. The molecule has 2 aliphatic rings. The van der Waals surface area contributed by atoms with Crippen LogP contribution in [-0.4, -0.2) is 72.7 Å². The molecule has 0 unspecified atom stereocenters. The van der Waals surface area contributed by atoms with Crippen LogP contribution in [0, 0.1) is 11.8 Å². The van der Waals surface area contributed by atoms with Crippen molar-refractivity contribution in [3.63, 3.8) is 0 Å². The largest absolute Gasteiger partial charge is 0.488 e. The molecule has 2 amide bonds. The number of nitrogens with one attached hydrogen (secondary N) is 1. The number of amides is 2. The van der Waals surface area contributed by atoms with Crippen molar-refractivity contribution in [2.75, 3.05) is 39.1 Å². The van der Waals surface area contributed by atoms with Gasteiger partial charge in [0.25, 0.3) is 0 Å². The topological polar surface area (TPSA) is 82.1 Å². The van der Waals surface area contributed by atoms with Crippen molar-refractivity contribution >= 4 is 17.5 Å². The minimum absolute atomic E-state index is 0.0375. The van der Waals surface area contributed by atoms with Gasteiger partial charge < -0.3 is 25.0 Å². The maximum absolute atomic E-state index is 13.2. The lowest BCUT2D eigenvalue weighted by Gasteiger charge is -2.33. The number of aliphatic hydroxyl groups excluding tert-OH is 1. The molecule has 0 saturated heterocycles. The van der Waals surface area contributed by atoms with Crippen LogP contribution in [0.15, 0.2) is 18.2 Å². The molecule has 3 atom stereocenters. The molecule has 0 radical (unpaired) electrons. The number of aliphatic hydroxyl groups is 1. The second-order valence-electron chi connectivity index (χ2n) is 9.80. The monoisotopic (exact) mass is 445 g/mol. The van der Waals surface area contributed by atoms with Crippen molar-refractivity contribution in [2.24, 2.45) is 11.8 Å². The first-order valence-electron chi connectivity index (χ1n) is 11.9. The lowest BCUT2D eigenvalue weighted by atomic mass is 9.88. The molecule has 3 rings (SSSR count). The molecular formula is C25H39N3O4. The summed E-state index contributed by atoms with van der Waals surface area (Å²) in [6.45, 7) is 5.12. The molecule has 1 aromatic carbocycles. The number of rotatable bonds is 6. The van der Waals surface area contributed by atoms with E-state index in [1.807, 2.05) is 39.2 Å². The Morgan fingerprint density at radius 3 is 2.66 bits per heavy atom. The van der Waals surface area contributed by atoms with Gasteiger partial charge in [-0.1, -0.05) is 26.2 Å². The average Bonchev–Trinajstić information content (AvgIpc) is 2.81. The molecule has 1 heterocycles. The molecule has 1 aliphatic heterocycles. The smallest absolute Gasteiger partial charge is 0.227 e. The van der Waals surface area contributed by atoms with Crippen LogP contribution < -0.4 is 10.1 Å². The first-order valence-corrected chi connectivity index (χ1v) is 11.9. The van der Waals surface area contributed by atoms with E-state index in [4.69, 9.17) is 4.74 Å². The second-order valence-corrected chi connectivity index (χ2v) is 9.80. The lowest BCUT2D eigenvalue weighted by molar-refractivity contribution is -0.134. The van der Waals surface area contributed by atoms with E-state index in [2.05, 4.69) is 17.1 Å². The van der Waals surface area contributed by atoms with Crippen molar-refractivity contribution in [1.82, 2.24) is 9.80 Å². The Morgan fingerprint density at radius 1 is 1.28 bits per heavy atom. The van der Waals surface area contributed by atoms with Gasteiger partial charge in [-0.15, -0.1) is 0 Å². The summed E-state index contributed by atoms with van der Waals surface area (Å²) < 4.78 is 6.43. The van der Waals surface area contributed by atoms with Gasteiger partial charge in [0, 0.05) is 36.2 Å². The van der Waals surface area contributed by atoms with Gasteiger partial charge in [0.05, 0.1) is 19.1 Å². The predicted molar refractivity (Wildman–Crippen MR) is 126 cm³/mol. The molecule has 0 spiro atoms. The molecule has 32 heavy (non-hydrogen) atoms. The average molecular weight is 446 g/mol. The van der Waals surface area contributed by atoms with Gasteiger partial charge in [-0.25, -0.2) is 0 Å². The zero-order valence-corrected chi connectivity index (χ0v) is 20.0. The Balaban J connectivity index is 1.87. The standard InChI is InChI=1S/C25H39N3O4/c1-17-14-28(18(2)16-29)24(30)13-20-12-21(26-25(31)19-8-6-5-7-9-19)10-11-22(20)32-23(17)15-27(3)4/h10-12,17-19,23,29H,5-9,13-16H2,1-4H3,(H,26,31)/t17-,18-,23-/m0/s1. The van der Waals surface area contributed by atoms with Crippen LogP contribution in [0.4, 0.5) is 5.69 Å². The van der Waals surface area contributed by atoms with E-state index in [0.717, 1.165) is 37.8 Å². The maximum Gasteiger partial charge on any atom is 0.227 e. The van der Waals surface area contributed by atoms with Crippen molar-refractivity contribution in [2.45, 2.75) is 64.5 Å². The highest BCUT2D eigenvalue weighted by Gasteiger charge is 2.31. The zero-order chi connectivity index (χ0) is 23.3. The number of anilines is 1. The lowest BCUT2D eigenvalue weighted by Crippen LogP contribution is -2.47. The van der Waals surface area contributed by atoms with Crippen LogP contribution in [0.25, 0.3) is 0 Å². The second kappa shape index (κ2) is 11.1. The summed E-state index contributed by atoms with van der Waals surface area (Å²) in [6.07, 6.45) is 5.37. The normalized spacial score (nSPS) is 23.6. The highest BCUT2D eigenvalue weighted by Crippen LogP contribution is 2.30. The fourth-order valence-electron chi connectivity index (χ4n) is 4.69. The summed E-state index contributed by atoms with van der Waals surface area (Å²) in [7, 11) is 4.01. The van der Waals surface area contributed by atoms with E-state index in [1.54, 1.807) is 4.90 Å². The van der Waals surface area contributed by atoms with Gasteiger partial charge in [-0.3, -0.25) is 9.59 Å². The zero-order valence-electron chi connectivity index (χ0n) is 20.0. The fraction of sp³-hybridized carbons (Fsp3) is 0.680. The van der Waals surface area contributed by atoms with Gasteiger partial charge in [-0.05, 0) is 52.1 Å². The summed E-state index contributed by atoms with van der Waals surface area (Å²) in [5.74, 6) is 0.871. The third-order valence-electron chi connectivity index (χ3n) is 6.71. The van der Waals surface area contributed by atoms with Crippen molar-refractivity contribution in [3.8, 4) is 5.75 Å². The van der Waals surface area contributed by atoms with E-state index in [-0.39, 0.29) is 48.8 Å². The molecular weight excluding hydrogens is 406 g/mol. The first-order chi connectivity index (χ1) is 15.3. The molecule has 7 heteroatoms. The number of ether oxygens (including phenoxy) is 1. The first kappa shape index (κ1) is 24.5. The van der Waals surface area contributed by atoms with Gasteiger partial charge in [0.2, 0.25) is 11.8 Å². The number of nitrogens with zero attached hydrogens (tertiary/aromatic N) is 2. The Hall–Kier alpha value is -2.12. The molecule has 2 N–H and O–H groups in total. The van der Waals surface area contributed by atoms with Crippen LogP contribution in [0.2, 0.25) is 0 Å². The SMILES string of the molecule is C[C@H]1CN([C@@H](C)CO)C(=O)Cc2cc(NC(=O)C3CCCCC3)ccc2O[C@H]1CN(C)C. The minimum atomic E-state index is -0.263. The van der Waals surface area contributed by atoms with Crippen molar-refractivity contribution in [3.05, 3.63) is 23.8 Å². The van der Waals surface area contributed by atoms with E-state index in [9.17, 15) is 14.7 Å². The summed E-state index contributed by atoms with van der Waals surface area (Å²) in [4.78, 5) is 29.8. The number of fused-ring (bicyclic) bond motifs is 1. The number of carbonyl (C=O) groups is 2. The molecule has 0 bridgehead atoms. The predicted octanol–water partition coefficient (Wildman–Crippen LogP) is 2.92. The van der Waals surface area contributed by atoms with E-state index >= 15 is 0 Å². The summed E-state index contributed by atoms with van der Waals surface area (Å²) in [5.41, 5.74) is 1.47. The van der Waals surface area contributed by atoms with Crippen LogP contribution in [-0.2, 0) is 16.0 Å². The van der Waals surface area contributed by atoms with Crippen molar-refractivity contribution < 1.29 is 19.4 Å². The Morgan fingerprint density at radius 2 is 2.00 bits per heavy atom. The third-order valence-corrected chi connectivity index (χ3v) is 6.71. The van der Waals surface area contributed by atoms with Gasteiger partial charge in [-0.2, -0.15) is 0 Å². The molecule has 7 nitrogen and oxygen atoms in total. The molecule has 1 aromatic rings. The summed E-state index contributed by atoms with van der Waals surface area (Å²) >= 11 is 0. The fourth-order valence-corrected chi connectivity index (χ4v) is 4.69. The van der Waals surface area contributed by atoms with Crippen LogP contribution in [0.3, 0.4) is 0 Å². The van der Waals surface area contributed by atoms with Gasteiger partial charge >= 0.3 is 0 Å². The van der Waals surface area contributed by atoms with E-state index < -0.39 is 0 Å². The highest BCUT2D eigenvalue weighted by molar-refractivity contribution is 5.93. The van der Waals surface area contributed by atoms with Gasteiger partial charge in [0.1, 0.15) is 11.9 Å².